The van der Waals surface area contributed by atoms with Crippen LogP contribution in [0.1, 0.15) is 22.4 Å². The average molecular weight is 436 g/mol. The predicted octanol–water partition coefficient (Wildman–Crippen LogP) is 4.37. The van der Waals surface area contributed by atoms with E-state index in [1.165, 1.54) is 38.8 Å². The van der Waals surface area contributed by atoms with Crippen molar-refractivity contribution in [3.05, 3.63) is 89.4 Å². The fraction of sp³-hybridized carbons (Fsp3) is 0.286. The highest BCUT2D eigenvalue weighted by atomic mass is 15.2. The number of likely N-dealkylation sites (N-methyl/N-ethyl adjacent to an activating group) is 1. The Balaban J connectivity index is 1.25. The van der Waals surface area contributed by atoms with Crippen LogP contribution in [-0.4, -0.2) is 57.8 Å². The molecule has 0 saturated carbocycles. The first-order chi connectivity index (χ1) is 16.1. The highest BCUT2D eigenvalue weighted by Crippen LogP contribution is 2.35. The van der Waals surface area contributed by atoms with Crippen molar-refractivity contribution >= 4 is 16.5 Å². The Labute approximate surface area is 195 Å². The Kier molecular flexibility index (Phi) is 5.08. The van der Waals surface area contributed by atoms with Crippen molar-refractivity contribution in [1.29, 1.82) is 0 Å². The van der Waals surface area contributed by atoms with Gasteiger partial charge in [-0.3, -0.25) is 14.6 Å². The summed E-state index contributed by atoms with van der Waals surface area (Å²) in [5.74, 6) is 0. The molecule has 1 fully saturated rings. The zero-order valence-electron chi connectivity index (χ0n) is 19.3. The first-order valence-corrected chi connectivity index (χ1v) is 11.8. The summed E-state index contributed by atoms with van der Waals surface area (Å²) < 4.78 is 1.94. The lowest BCUT2D eigenvalue weighted by atomic mass is 9.97. The van der Waals surface area contributed by atoms with E-state index in [2.05, 4.69) is 76.6 Å². The van der Waals surface area contributed by atoms with Gasteiger partial charge < -0.3 is 4.90 Å². The first-order valence-electron chi connectivity index (χ1n) is 11.8. The molecule has 0 atom stereocenters. The Hall–Kier alpha value is -3.28. The second-order valence-electron chi connectivity index (χ2n) is 9.36. The van der Waals surface area contributed by atoms with Crippen LogP contribution in [0.25, 0.3) is 27.6 Å². The molecule has 2 aromatic heterocycles. The molecule has 1 aliphatic carbocycles. The molecule has 0 N–H and O–H groups in total. The lowest BCUT2D eigenvalue weighted by molar-refractivity contribution is 0.148. The number of hydrogen-bond donors (Lipinski definition) is 0. The molecular formula is C28H29N5. The average Bonchev–Trinajstić information content (AvgIpc) is 3.44. The standard InChI is InChI=1S/C28H29N5/c1-31-11-13-33(14-12-31)19-20-3-5-21(6-4-20)24-15-26-25(9-10-27(26)29-17-24)22-7-8-23-18-30-32(2)28(23)16-22/h3-9,15-18H,10-14,19H2,1-2H3. The van der Waals surface area contributed by atoms with Crippen LogP contribution in [0.2, 0.25) is 0 Å². The second kappa shape index (κ2) is 8.25. The molecular weight excluding hydrogens is 406 g/mol. The van der Waals surface area contributed by atoms with Crippen LogP contribution >= 0.6 is 0 Å². The molecule has 0 bridgehead atoms. The van der Waals surface area contributed by atoms with Crippen LogP contribution in [-0.2, 0) is 20.0 Å². The van der Waals surface area contributed by atoms with Gasteiger partial charge in [0.1, 0.15) is 0 Å². The third-order valence-corrected chi connectivity index (χ3v) is 7.11. The normalized spacial score (nSPS) is 16.8. The summed E-state index contributed by atoms with van der Waals surface area (Å²) in [6.45, 7) is 5.63. The zero-order chi connectivity index (χ0) is 22.4. The third-order valence-electron chi connectivity index (χ3n) is 7.11. The summed E-state index contributed by atoms with van der Waals surface area (Å²) in [6.07, 6.45) is 7.13. The van der Waals surface area contributed by atoms with E-state index >= 15 is 0 Å². The number of hydrogen-bond acceptors (Lipinski definition) is 4. The highest BCUT2D eigenvalue weighted by Gasteiger charge is 2.19. The lowest BCUT2D eigenvalue weighted by Crippen LogP contribution is -2.43. The number of nitrogens with zero attached hydrogens (tertiary/aromatic N) is 5. The van der Waals surface area contributed by atoms with Gasteiger partial charge in [0.25, 0.3) is 0 Å². The molecule has 3 heterocycles. The summed E-state index contributed by atoms with van der Waals surface area (Å²) in [5, 5.41) is 5.56. The summed E-state index contributed by atoms with van der Waals surface area (Å²) in [7, 11) is 4.20. The largest absolute Gasteiger partial charge is 0.304 e. The van der Waals surface area contributed by atoms with Gasteiger partial charge in [0.05, 0.1) is 17.4 Å². The molecule has 0 unspecified atom stereocenters. The Morgan fingerprint density at radius 3 is 2.42 bits per heavy atom. The molecule has 2 aromatic carbocycles. The number of allylic oxidation sites excluding steroid dienone is 1. The minimum atomic E-state index is 0.887. The molecule has 5 nitrogen and oxygen atoms in total. The van der Waals surface area contributed by atoms with E-state index in [1.54, 1.807) is 0 Å². The van der Waals surface area contributed by atoms with Gasteiger partial charge in [-0.05, 0) is 41.4 Å². The maximum Gasteiger partial charge on any atom is 0.0685 e. The molecule has 0 amide bonds. The second-order valence-corrected chi connectivity index (χ2v) is 9.36. The minimum absolute atomic E-state index is 0.887. The fourth-order valence-electron chi connectivity index (χ4n) is 5.01. The number of piperazine rings is 1. The number of aryl methyl sites for hydroxylation is 1. The van der Waals surface area contributed by atoms with Gasteiger partial charge in [0.15, 0.2) is 0 Å². The Morgan fingerprint density at radius 2 is 1.61 bits per heavy atom. The molecule has 4 aromatic rings. The van der Waals surface area contributed by atoms with Crippen LogP contribution < -0.4 is 0 Å². The SMILES string of the molecule is CN1CCN(Cc2ccc(-c3cnc4c(c3)C(c3ccc5cnn(C)c5c3)=CC4)cc2)CC1. The molecule has 0 spiro atoms. The van der Waals surface area contributed by atoms with E-state index in [-0.39, 0.29) is 0 Å². The van der Waals surface area contributed by atoms with Crippen LogP contribution in [0, 0.1) is 0 Å². The molecule has 33 heavy (non-hydrogen) atoms. The summed E-state index contributed by atoms with van der Waals surface area (Å²) >= 11 is 0. The molecule has 6 rings (SSSR count). The van der Waals surface area contributed by atoms with Gasteiger partial charge in [-0.15, -0.1) is 0 Å². The smallest absolute Gasteiger partial charge is 0.0685 e. The number of benzene rings is 2. The van der Waals surface area contributed by atoms with E-state index in [9.17, 15) is 0 Å². The molecule has 5 heteroatoms. The molecule has 1 aliphatic heterocycles. The number of pyridine rings is 1. The van der Waals surface area contributed by atoms with Crippen molar-refractivity contribution in [1.82, 2.24) is 24.6 Å². The fourth-order valence-corrected chi connectivity index (χ4v) is 5.01. The minimum Gasteiger partial charge on any atom is -0.304 e. The van der Waals surface area contributed by atoms with Gasteiger partial charge in [-0.1, -0.05) is 42.5 Å². The summed E-state index contributed by atoms with van der Waals surface area (Å²) in [6, 6.07) is 17.9. The maximum absolute atomic E-state index is 4.82. The van der Waals surface area contributed by atoms with E-state index in [1.807, 2.05) is 24.1 Å². The maximum atomic E-state index is 4.82. The topological polar surface area (TPSA) is 37.2 Å². The van der Waals surface area contributed by atoms with Crippen molar-refractivity contribution in [2.45, 2.75) is 13.0 Å². The Morgan fingerprint density at radius 1 is 0.818 bits per heavy atom. The summed E-state index contributed by atoms with van der Waals surface area (Å²) in [5.41, 5.74) is 9.83. The Bertz CT molecular complexity index is 1340. The predicted molar refractivity (Wildman–Crippen MR) is 134 cm³/mol. The molecule has 2 aliphatic rings. The van der Waals surface area contributed by atoms with Crippen LogP contribution in [0.3, 0.4) is 0 Å². The van der Waals surface area contributed by atoms with Crippen LogP contribution in [0.5, 0.6) is 0 Å². The van der Waals surface area contributed by atoms with Crippen molar-refractivity contribution in [2.24, 2.45) is 7.05 Å². The lowest BCUT2D eigenvalue weighted by Gasteiger charge is -2.32. The quantitative estimate of drug-likeness (QED) is 0.477. The number of rotatable bonds is 4. The van der Waals surface area contributed by atoms with Crippen molar-refractivity contribution in [3.63, 3.8) is 0 Å². The third kappa shape index (κ3) is 3.88. The highest BCUT2D eigenvalue weighted by molar-refractivity contribution is 5.90. The van der Waals surface area contributed by atoms with E-state index < -0.39 is 0 Å². The van der Waals surface area contributed by atoms with E-state index in [0.29, 0.717) is 0 Å². The van der Waals surface area contributed by atoms with Crippen LogP contribution in [0.15, 0.2) is 67.0 Å². The van der Waals surface area contributed by atoms with Gasteiger partial charge >= 0.3 is 0 Å². The summed E-state index contributed by atoms with van der Waals surface area (Å²) in [4.78, 5) is 9.77. The number of fused-ring (bicyclic) bond motifs is 2. The van der Waals surface area contributed by atoms with Crippen LogP contribution in [0.4, 0.5) is 0 Å². The van der Waals surface area contributed by atoms with Gasteiger partial charge in [0.2, 0.25) is 0 Å². The van der Waals surface area contributed by atoms with Gasteiger partial charge in [-0.2, -0.15) is 5.10 Å². The van der Waals surface area contributed by atoms with Crippen molar-refractivity contribution in [3.8, 4) is 11.1 Å². The van der Waals surface area contributed by atoms with Crippen molar-refractivity contribution < 1.29 is 0 Å². The van der Waals surface area contributed by atoms with E-state index in [4.69, 9.17) is 4.98 Å². The van der Waals surface area contributed by atoms with Crippen molar-refractivity contribution in [2.75, 3.05) is 33.2 Å². The zero-order valence-corrected chi connectivity index (χ0v) is 19.3. The van der Waals surface area contributed by atoms with Gasteiger partial charge in [-0.25, -0.2) is 0 Å². The first kappa shape index (κ1) is 20.3. The van der Waals surface area contributed by atoms with E-state index in [0.717, 1.165) is 50.4 Å². The van der Waals surface area contributed by atoms with Gasteiger partial charge in [0, 0.05) is 68.9 Å². The number of aromatic nitrogens is 3. The molecule has 0 radical (unpaired) electrons. The monoisotopic (exact) mass is 435 g/mol. The molecule has 1 saturated heterocycles. The molecule has 166 valence electrons.